The molecule has 0 unspecified atom stereocenters. The maximum Gasteiger partial charge on any atom is 0.253 e. The SMILES string of the molecule is O=S(=O)(NS(=O)(=O)c1cc(Cl)cc(Cl)c1)c1cc(Cl)cc(Cl)c1. The number of hydrogen-bond acceptors (Lipinski definition) is 4. The fraction of sp³-hybridized carbons (Fsp3) is 0. The number of rotatable bonds is 4. The second-order valence-corrected chi connectivity index (χ2v) is 9.67. The Kier molecular flexibility index (Phi) is 5.52. The van der Waals surface area contributed by atoms with E-state index in [2.05, 4.69) is 0 Å². The first-order valence-electron chi connectivity index (χ1n) is 5.70. The van der Waals surface area contributed by atoms with Crippen LogP contribution in [0.25, 0.3) is 0 Å². The molecule has 0 aliphatic carbocycles. The van der Waals surface area contributed by atoms with Crippen LogP contribution in [0.3, 0.4) is 0 Å². The minimum atomic E-state index is -4.43. The summed E-state index contributed by atoms with van der Waals surface area (Å²) in [6, 6.07) is 6.89. The number of hydrogen-bond donors (Lipinski definition) is 1. The third-order valence-corrected chi connectivity index (χ3v) is 6.85. The predicted octanol–water partition coefficient (Wildman–Crippen LogP) is 3.97. The normalized spacial score (nSPS) is 12.3. The Hall–Kier alpha value is -0.540. The Morgan fingerprint density at radius 2 is 0.826 bits per heavy atom. The zero-order valence-corrected chi connectivity index (χ0v) is 15.6. The summed E-state index contributed by atoms with van der Waals surface area (Å²) in [4.78, 5) is -0.793. The Morgan fingerprint density at radius 1 is 0.565 bits per heavy atom. The van der Waals surface area contributed by atoms with Crippen LogP contribution in [0.2, 0.25) is 20.1 Å². The fourth-order valence-corrected chi connectivity index (χ4v) is 5.97. The molecule has 0 saturated heterocycles. The quantitative estimate of drug-likeness (QED) is 0.789. The zero-order chi connectivity index (χ0) is 17.4. The lowest BCUT2D eigenvalue weighted by atomic mass is 10.4. The third kappa shape index (κ3) is 4.73. The Labute approximate surface area is 153 Å². The number of sulfonamides is 2. The minimum absolute atomic E-state index is 0.0427. The topological polar surface area (TPSA) is 80.3 Å². The fourth-order valence-electron chi connectivity index (χ4n) is 1.61. The van der Waals surface area contributed by atoms with Crippen molar-refractivity contribution >= 4 is 66.5 Å². The van der Waals surface area contributed by atoms with Crippen molar-refractivity contribution in [2.45, 2.75) is 9.79 Å². The van der Waals surface area contributed by atoms with Gasteiger partial charge in [0.15, 0.2) is 0 Å². The van der Waals surface area contributed by atoms with Crippen LogP contribution in [0.4, 0.5) is 0 Å². The first-order valence-corrected chi connectivity index (χ1v) is 10.2. The molecule has 0 heterocycles. The second kappa shape index (κ2) is 6.76. The van der Waals surface area contributed by atoms with Crippen molar-refractivity contribution in [2.75, 3.05) is 0 Å². The lowest BCUT2D eigenvalue weighted by molar-refractivity contribution is 0.577. The van der Waals surface area contributed by atoms with Gasteiger partial charge < -0.3 is 0 Å². The molecule has 0 amide bonds. The van der Waals surface area contributed by atoms with Crippen LogP contribution in [-0.4, -0.2) is 16.8 Å². The molecule has 0 fully saturated rings. The van der Waals surface area contributed by atoms with Gasteiger partial charge in [0.2, 0.25) is 0 Å². The summed E-state index contributed by atoms with van der Waals surface area (Å²) >= 11 is 22.9. The van der Waals surface area contributed by atoms with Gasteiger partial charge in [-0.3, -0.25) is 0 Å². The average Bonchev–Trinajstić information content (AvgIpc) is 2.35. The van der Waals surface area contributed by atoms with Crippen LogP contribution in [0.15, 0.2) is 46.2 Å². The van der Waals surface area contributed by atoms with Crippen molar-refractivity contribution in [3.63, 3.8) is 0 Å². The number of benzene rings is 2. The standard InChI is InChI=1S/C12H7Cl4NO4S2/c13-7-1-8(14)4-11(3-7)22(18,19)17-23(20,21)12-5-9(15)2-10(16)6-12/h1-6,17H. The summed E-state index contributed by atoms with van der Waals surface area (Å²) in [6.07, 6.45) is 0. The molecular weight excluding hydrogens is 428 g/mol. The highest BCUT2D eigenvalue weighted by Crippen LogP contribution is 2.25. The van der Waals surface area contributed by atoms with E-state index in [9.17, 15) is 16.8 Å². The highest BCUT2D eigenvalue weighted by molar-refractivity contribution is 8.04. The van der Waals surface area contributed by atoms with Gasteiger partial charge in [0.25, 0.3) is 20.0 Å². The van der Waals surface area contributed by atoms with Crippen LogP contribution < -0.4 is 4.13 Å². The Balaban J connectivity index is 2.46. The van der Waals surface area contributed by atoms with E-state index in [0.717, 1.165) is 24.3 Å². The van der Waals surface area contributed by atoms with Gasteiger partial charge in [-0.05, 0) is 36.4 Å². The molecule has 0 atom stereocenters. The summed E-state index contributed by atoms with van der Waals surface area (Å²) in [7, 11) is -8.86. The van der Waals surface area contributed by atoms with Crippen LogP contribution in [-0.2, 0) is 20.0 Å². The van der Waals surface area contributed by atoms with E-state index >= 15 is 0 Å². The molecule has 23 heavy (non-hydrogen) atoms. The van der Waals surface area contributed by atoms with Gasteiger partial charge in [-0.1, -0.05) is 46.4 Å². The maximum atomic E-state index is 12.2. The Bertz CT molecular complexity index is 855. The van der Waals surface area contributed by atoms with Crippen molar-refractivity contribution in [3.05, 3.63) is 56.5 Å². The third-order valence-electron chi connectivity index (χ3n) is 2.51. The zero-order valence-electron chi connectivity index (χ0n) is 10.9. The lowest BCUT2D eigenvalue weighted by Crippen LogP contribution is -2.30. The molecular formula is C12H7Cl4NO4S2. The molecule has 0 aliphatic rings. The molecule has 0 spiro atoms. The molecule has 2 rings (SSSR count). The van der Waals surface area contributed by atoms with E-state index in [-0.39, 0.29) is 20.1 Å². The monoisotopic (exact) mass is 433 g/mol. The van der Waals surface area contributed by atoms with Crippen molar-refractivity contribution in [1.82, 2.24) is 4.13 Å². The summed E-state index contributed by atoms with van der Waals surface area (Å²) in [5.74, 6) is 0. The van der Waals surface area contributed by atoms with Crippen LogP contribution in [0.5, 0.6) is 0 Å². The van der Waals surface area contributed by atoms with E-state index in [1.54, 1.807) is 4.13 Å². The summed E-state index contributed by atoms with van der Waals surface area (Å²) in [6.45, 7) is 0. The van der Waals surface area contributed by atoms with E-state index < -0.39 is 29.8 Å². The van der Waals surface area contributed by atoms with Crippen molar-refractivity contribution < 1.29 is 16.8 Å². The molecule has 0 saturated carbocycles. The predicted molar refractivity (Wildman–Crippen MR) is 90.4 cm³/mol. The Morgan fingerprint density at radius 3 is 1.09 bits per heavy atom. The lowest BCUT2D eigenvalue weighted by Gasteiger charge is -2.09. The van der Waals surface area contributed by atoms with E-state index in [4.69, 9.17) is 46.4 Å². The molecule has 124 valence electrons. The first kappa shape index (κ1) is 18.8. The highest BCUT2D eigenvalue weighted by atomic mass is 35.5. The van der Waals surface area contributed by atoms with Gasteiger partial charge >= 0.3 is 0 Å². The van der Waals surface area contributed by atoms with Gasteiger partial charge in [0, 0.05) is 20.1 Å². The van der Waals surface area contributed by atoms with Gasteiger partial charge in [-0.2, -0.15) is 0 Å². The average molecular weight is 435 g/mol. The van der Waals surface area contributed by atoms with Crippen molar-refractivity contribution in [2.24, 2.45) is 0 Å². The van der Waals surface area contributed by atoms with Crippen LogP contribution >= 0.6 is 46.4 Å². The van der Waals surface area contributed by atoms with Crippen molar-refractivity contribution in [3.8, 4) is 0 Å². The summed E-state index contributed by atoms with van der Waals surface area (Å²) in [5, 5.41) is 0.171. The smallest absolute Gasteiger partial charge is 0.206 e. The molecule has 0 radical (unpaired) electrons. The maximum absolute atomic E-state index is 12.2. The largest absolute Gasteiger partial charge is 0.253 e. The van der Waals surface area contributed by atoms with Gasteiger partial charge in [0.1, 0.15) is 0 Å². The van der Waals surface area contributed by atoms with Gasteiger partial charge in [-0.25, -0.2) is 16.8 Å². The molecule has 11 heteroatoms. The molecule has 5 nitrogen and oxygen atoms in total. The summed E-state index contributed by atoms with van der Waals surface area (Å²) < 4.78 is 50.5. The highest BCUT2D eigenvalue weighted by Gasteiger charge is 2.25. The molecule has 2 aromatic carbocycles. The number of halogens is 4. The molecule has 1 N–H and O–H groups in total. The molecule has 0 bridgehead atoms. The van der Waals surface area contributed by atoms with Gasteiger partial charge in [-0.15, -0.1) is 4.13 Å². The van der Waals surface area contributed by atoms with Crippen LogP contribution in [0, 0.1) is 0 Å². The van der Waals surface area contributed by atoms with E-state index in [0.29, 0.717) is 0 Å². The molecule has 0 aliphatic heterocycles. The summed E-state index contributed by atoms with van der Waals surface area (Å²) in [5.41, 5.74) is 0. The number of nitrogens with one attached hydrogen (secondary N) is 1. The second-order valence-electron chi connectivity index (χ2n) is 4.30. The first-order chi connectivity index (χ1) is 10.5. The van der Waals surface area contributed by atoms with Gasteiger partial charge in [0.05, 0.1) is 9.79 Å². The van der Waals surface area contributed by atoms with Crippen molar-refractivity contribution in [1.29, 1.82) is 0 Å². The molecule has 0 aromatic heterocycles. The van der Waals surface area contributed by atoms with E-state index in [1.807, 2.05) is 0 Å². The van der Waals surface area contributed by atoms with Crippen LogP contribution in [0.1, 0.15) is 0 Å². The van der Waals surface area contributed by atoms with E-state index in [1.165, 1.54) is 12.1 Å². The molecule has 2 aromatic rings. The minimum Gasteiger partial charge on any atom is -0.206 e.